The van der Waals surface area contributed by atoms with Gasteiger partial charge in [-0.3, -0.25) is 4.79 Å². The number of para-hydroxylation sites is 1. The average molecular weight is 381 g/mol. The maximum Gasteiger partial charge on any atom is 0.275 e. The number of aromatic nitrogens is 1. The number of quaternary nitrogens is 1. The van der Waals surface area contributed by atoms with Crippen LogP contribution in [0.2, 0.25) is 0 Å². The standard InChI is InChI=1S/C22H25N3OS/c1-16-7-2-3-8-17(16)12-13-23-21(26)15-25-14-6-10-19(25)22-24-18-9-4-5-11-20(18)27-22/h2-5,7-9,11,19H,6,10,12-15H2,1H3,(H,23,26)/p+1/t19-/m0/s1. The molecule has 0 saturated carbocycles. The number of fused-ring (bicyclic) bond motifs is 1. The van der Waals surface area contributed by atoms with Gasteiger partial charge < -0.3 is 10.2 Å². The van der Waals surface area contributed by atoms with Crippen LogP contribution >= 0.6 is 11.3 Å². The van der Waals surface area contributed by atoms with Gasteiger partial charge in [0.1, 0.15) is 6.04 Å². The fourth-order valence-corrected chi connectivity index (χ4v) is 5.12. The van der Waals surface area contributed by atoms with Crippen LogP contribution in [-0.4, -0.2) is 30.5 Å². The largest absolute Gasteiger partial charge is 0.351 e. The van der Waals surface area contributed by atoms with Crippen molar-refractivity contribution in [1.82, 2.24) is 10.3 Å². The van der Waals surface area contributed by atoms with Gasteiger partial charge in [0.25, 0.3) is 5.91 Å². The predicted molar refractivity (Wildman–Crippen MR) is 110 cm³/mol. The molecule has 0 aliphatic carbocycles. The summed E-state index contributed by atoms with van der Waals surface area (Å²) in [7, 11) is 0. The lowest BCUT2D eigenvalue weighted by Gasteiger charge is -2.19. The van der Waals surface area contributed by atoms with Crippen molar-refractivity contribution in [2.75, 3.05) is 19.6 Å². The van der Waals surface area contributed by atoms with Gasteiger partial charge in [-0.1, -0.05) is 36.4 Å². The van der Waals surface area contributed by atoms with E-state index in [9.17, 15) is 4.79 Å². The zero-order valence-corrected chi connectivity index (χ0v) is 16.5. The SMILES string of the molecule is Cc1ccccc1CCNC(=O)C[NH+]1CCC[C@H]1c1nc2ccccc2s1. The maximum absolute atomic E-state index is 12.5. The van der Waals surface area contributed by atoms with Crippen molar-refractivity contribution in [3.05, 3.63) is 64.7 Å². The van der Waals surface area contributed by atoms with E-state index in [1.165, 1.54) is 25.7 Å². The van der Waals surface area contributed by atoms with E-state index in [2.05, 4.69) is 54.7 Å². The topological polar surface area (TPSA) is 46.4 Å². The van der Waals surface area contributed by atoms with E-state index in [1.807, 2.05) is 6.07 Å². The molecule has 0 radical (unpaired) electrons. The first-order valence-corrected chi connectivity index (χ1v) is 10.5. The zero-order chi connectivity index (χ0) is 18.6. The molecule has 2 atom stereocenters. The summed E-state index contributed by atoms with van der Waals surface area (Å²) < 4.78 is 1.24. The van der Waals surface area contributed by atoms with E-state index in [4.69, 9.17) is 4.98 Å². The molecule has 2 aromatic carbocycles. The zero-order valence-electron chi connectivity index (χ0n) is 15.7. The molecule has 1 aliphatic rings. The Kier molecular flexibility index (Phi) is 5.50. The Balaban J connectivity index is 1.34. The Labute approximate surface area is 164 Å². The van der Waals surface area contributed by atoms with Crippen molar-refractivity contribution in [2.45, 2.75) is 32.2 Å². The van der Waals surface area contributed by atoms with E-state index in [0.717, 1.165) is 31.3 Å². The molecule has 27 heavy (non-hydrogen) atoms. The van der Waals surface area contributed by atoms with Gasteiger partial charge in [0.2, 0.25) is 0 Å². The Hall–Kier alpha value is -2.24. The summed E-state index contributed by atoms with van der Waals surface area (Å²) in [5.74, 6) is 0.145. The molecule has 5 heteroatoms. The van der Waals surface area contributed by atoms with Crippen molar-refractivity contribution in [3.63, 3.8) is 0 Å². The molecular formula is C22H26N3OS+. The molecule has 4 nitrogen and oxygen atoms in total. The number of hydrogen-bond acceptors (Lipinski definition) is 3. The average Bonchev–Trinajstić information content (AvgIpc) is 3.29. The number of aryl methyl sites for hydroxylation is 1. The minimum absolute atomic E-state index is 0.145. The molecule has 2 heterocycles. The molecule has 1 unspecified atom stereocenters. The number of likely N-dealkylation sites (tertiary alicyclic amines) is 1. The number of nitrogens with zero attached hydrogens (tertiary/aromatic N) is 1. The Morgan fingerprint density at radius 3 is 2.89 bits per heavy atom. The van der Waals surface area contributed by atoms with Gasteiger partial charge in [-0.25, -0.2) is 4.98 Å². The fourth-order valence-electron chi connectivity index (χ4n) is 3.96. The van der Waals surface area contributed by atoms with Crippen LogP contribution < -0.4 is 10.2 Å². The van der Waals surface area contributed by atoms with Gasteiger partial charge in [-0.05, 0) is 36.6 Å². The number of thiazole rings is 1. The highest BCUT2D eigenvalue weighted by molar-refractivity contribution is 7.18. The lowest BCUT2D eigenvalue weighted by Crippen LogP contribution is -3.11. The third-order valence-corrected chi connectivity index (χ3v) is 6.61. The van der Waals surface area contributed by atoms with Crippen LogP contribution in [0, 0.1) is 6.92 Å². The van der Waals surface area contributed by atoms with Gasteiger partial charge in [-0.15, -0.1) is 11.3 Å². The number of hydrogen-bond donors (Lipinski definition) is 2. The summed E-state index contributed by atoms with van der Waals surface area (Å²) in [6.07, 6.45) is 3.16. The molecule has 4 rings (SSSR count). The first-order valence-electron chi connectivity index (χ1n) is 9.72. The van der Waals surface area contributed by atoms with Crippen LogP contribution in [0.25, 0.3) is 10.2 Å². The first-order chi connectivity index (χ1) is 13.2. The van der Waals surface area contributed by atoms with Gasteiger partial charge in [0.05, 0.1) is 16.8 Å². The maximum atomic E-state index is 12.5. The molecule has 1 amide bonds. The Morgan fingerprint density at radius 1 is 1.22 bits per heavy atom. The number of rotatable bonds is 6. The highest BCUT2D eigenvalue weighted by Crippen LogP contribution is 2.28. The van der Waals surface area contributed by atoms with E-state index in [-0.39, 0.29) is 5.91 Å². The van der Waals surface area contributed by atoms with Crippen molar-refractivity contribution in [2.24, 2.45) is 0 Å². The number of benzene rings is 2. The predicted octanol–water partition coefficient (Wildman–Crippen LogP) is 2.68. The quantitative estimate of drug-likeness (QED) is 0.691. The van der Waals surface area contributed by atoms with Gasteiger partial charge >= 0.3 is 0 Å². The third kappa shape index (κ3) is 4.20. The van der Waals surface area contributed by atoms with Crippen molar-refractivity contribution < 1.29 is 9.69 Å². The van der Waals surface area contributed by atoms with Gasteiger partial charge in [-0.2, -0.15) is 0 Å². The number of carbonyl (C=O) groups excluding carboxylic acids is 1. The van der Waals surface area contributed by atoms with Crippen LogP contribution in [0.5, 0.6) is 0 Å². The van der Waals surface area contributed by atoms with Crippen LogP contribution in [-0.2, 0) is 11.2 Å². The summed E-state index contributed by atoms with van der Waals surface area (Å²) in [6, 6.07) is 17.0. The van der Waals surface area contributed by atoms with Crippen molar-refractivity contribution in [1.29, 1.82) is 0 Å². The molecule has 1 saturated heterocycles. The number of nitrogens with one attached hydrogen (secondary N) is 2. The molecule has 0 bridgehead atoms. The summed E-state index contributed by atoms with van der Waals surface area (Å²) in [5.41, 5.74) is 3.66. The normalized spacial score (nSPS) is 19.4. The van der Waals surface area contributed by atoms with Crippen molar-refractivity contribution in [3.8, 4) is 0 Å². The highest BCUT2D eigenvalue weighted by atomic mass is 32.1. The summed E-state index contributed by atoms with van der Waals surface area (Å²) in [5, 5.41) is 4.28. The van der Waals surface area contributed by atoms with Crippen LogP contribution in [0.1, 0.15) is 35.0 Å². The van der Waals surface area contributed by atoms with Gasteiger partial charge in [0, 0.05) is 19.4 Å². The minimum atomic E-state index is 0.145. The smallest absolute Gasteiger partial charge is 0.275 e. The second-order valence-electron chi connectivity index (χ2n) is 7.33. The monoisotopic (exact) mass is 380 g/mol. The molecule has 1 aliphatic heterocycles. The Morgan fingerprint density at radius 2 is 2.04 bits per heavy atom. The van der Waals surface area contributed by atoms with E-state index < -0.39 is 0 Å². The second-order valence-corrected chi connectivity index (χ2v) is 8.39. The van der Waals surface area contributed by atoms with Gasteiger partial charge in [0.15, 0.2) is 11.6 Å². The summed E-state index contributed by atoms with van der Waals surface area (Å²) >= 11 is 1.78. The molecule has 2 N–H and O–H groups in total. The summed E-state index contributed by atoms with van der Waals surface area (Å²) in [6.45, 7) is 4.40. The number of carbonyl (C=O) groups is 1. The van der Waals surface area contributed by atoms with Crippen LogP contribution in [0.4, 0.5) is 0 Å². The minimum Gasteiger partial charge on any atom is -0.351 e. The van der Waals surface area contributed by atoms with Crippen LogP contribution in [0.15, 0.2) is 48.5 Å². The number of amides is 1. The summed E-state index contributed by atoms with van der Waals surface area (Å²) in [4.78, 5) is 18.7. The molecule has 1 fully saturated rings. The highest BCUT2D eigenvalue weighted by Gasteiger charge is 2.33. The van der Waals surface area contributed by atoms with E-state index >= 15 is 0 Å². The Bertz CT molecular complexity index is 903. The van der Waals surface area contributed by atoms with Crippen molar-refractivity contribution >= 4 is 27.5 Å². The first kappa shape index (κ1) is 18.1. The van der Waals surface area contributed by atoms with E-state index in [0.29, 0.717) is 19.1 Å². The molecule has 3 aromatic rings. The lowest BCUT2D eigenvalue weighted by molar-refractivity contribution is -0.910. The fraction of sp³-hybridized carbons (Fsp3) is 0.364. The van der Waals surface area contributed by atoms with Crippen LogP contribution in [0.3, 0.4) is 0 Å². The van der Waals surface area contributed by atoms with E-state index in [1.54, 1.807) is 11.3 Å². The molecular weight excluding hydrogens is 354 g/mol. The second kappa shape index (κ2) is 8.19. The molecule has 1 aromatic heterocycles. The molecule has 140 valence electrons. The lowest BCUT2D eigenvalue weighted by atomic mass is 10.1. The third-order valence-electron chi connectivity index (χ3n) is 5.46. The molecule has 0 spiro atoms.